The summed E-state index contributed by atoms with van der Waals surface area (Å²) >= 11 is 0. The molecular formula is C15H16N2O3. The van der Waals surface area contributed by atoms with E-state index in [1.165, 1.54) is 10.6 Å². The molecule has 0 unspecified atom stereocenters. The number of benzene rings is 1. The van der Waals surface area contributed by atoms with Crippen molar-refractivity contribution in [1.82, 2.24) is 4.57 Å². The maximum absolute atomic E-state index is 12.0. The van der Waals surface area contributed by atoms with Crippen molar-refractivity contribution in [2.45, 2.75) is 20.4 Å². The Morgan fingerprint density at radius 3 is 2.35 bits per heavy atom. The summed E-state index contributed by atoms with van der Waals surface area (Å²) in [5, 5.41) is 11.8. The van der Waals surface area contributed by atoms with Crippen LogP contribution in [0.15, 0.2) is 36.4 Å². The number of carboxylic acids is 1. The van der Waals surface area contributed by atoms with E-state index in [1.807, 2.05) is 31.2 Å². The highest BCUT2D eigenvalue weighted by molar-refractivity contribution is 5.92. The first-order chi connectivity index (χ1) is 9.47. The topological polar surface area (TPSA) is 71.3 Å². The van der Waals surface area contributed by atoms with Gasteiger partial charge in [-0.05, 0) is 38.1 Å². The first kappa shape index (κ1) is 13.9. The number of anilines is 1. The van der Waals surface area contributed by atoms with E-state index in [0.29, 0.717) is 5.69 Å². The van der Waals surface area contributed by atoms with Gasteiger partial charge in [0.15, 0.2) is 0 Å². The first-order valence-corrected chi connectivity index (χ1v) is 6.23. The van der Waals surface area contributed by atoms with E-state index in [0.717, 1.165) is 11.3 Å². The average Bonchev–Trinajstić information content (AvgIpc) is 2.74. The summed E-state index contributed by atoms with van der Waals surface area (Å²) in [5.74, 6) is -1.29. The average molecular weight is 272 g/mol. The van der Waals surface area contributed by atoms with Gasteiger partial charge in [-0.15, -0.1) is 0 Å². The predicted molar refractivity (Wildman–Crippen MR) is 75.9 cm³/mol. The third-order valence-electron chi connectivity index (χ3n) is 3.06. The molecule has 2 N–H and O–H groups in total. The summed E-state index contributed by atoms with van der Waals surface area (Å²) < 4.78 is 1.48. The summed E-state index contributed by atoms with van der Waals surface area (Å²) in [7, 11) is 0. The van der Waals surface area contributed by atoms with E-state index in [1.54, 1.807) is 13.0 Å². The quantitative estimate of drug-likeness (QED) is 0.898. The Morgan fingerprint density at radius 1 is 1.10 bits per heavy atom. The van der Waals surface area contributed by atoms with Crippen LogP contribution in [0.2, 0.25) is 0 Å². The SMILES string of the molecule is Cc1ccc(NC(=O)Cn2c(C)ccc2C(=O)O)cc1. The zero-order valence-electron chi connectivity index (χ0n) is 11.4. The summed E-state index contributed by atoms with van der Waals surface area (Å²) in [4.78, 5) is 23.0. The van der Waals surface area contributed by atoms with Crippen LogP contribution in [0.25, 0.3) is 0 Å². The lowest BCUT2D eigenvalue weighted by Crippen LogP contribution is -2.22. The number of aromatic carboxylic acids is 1. The van der Waals surface area contributed by atoms with Crippen LogP contribution < -0.4 is 5.32 Å². The molecule has 1 heterocycles. The van der Waals surface area contributed by atoms with Crippen molar-refractivity contribution in [1.29, 1.82) is 0 Å². The zero-order valence-corrected chi connectivity index (χ0v) is 11.4. The molecule has 104 valence electrons. The van der Waals surface area contributed by atoms with Gasteiger partial charge in [-0.2, -0.15) is 0 Å². The largest absolute Gasteiger partial charge is 0.477 e. The van der Waals surface area contributed by atoms with E-state index in [2.05, 4.69) is 5.32 Å². The molecule has 0 fully saturated rings. The van der Waals surface area contributed by atoms with Crippen LogP contribution in [-0.2, 0) is 11.3 Å². The molecule has 5 nitrogen and oxygen atoms in total. The predicted octanol–water partition coefficient (Wildman–Crippen LogP) is 2.44. The second-order valence-electron chi connectivity index (χ2n) is 4.67. The Bertz CT molecular complexity index is 642. The third kappa shape index (κ3) is 3.06. The highest BCUT2D eigenvalue weighted by atomic mass is 16.4. The second-order valence-corrected chi connectivity index (χ2v) is 4.67. The standard InChI is InChI=1S/C15H16N2O3/c1-10-3-6-12(7-4-10)16-14(18)9-17-11(2)5-8-13(17)15(19)20/h3-8H,9H2,1-2H3,(H,16,18)(H,19,20). The fraction of sp³-hybridized carbons (Fsp3) is 0.200. The van der Waals surface area contributed by atoms with Crippen LogP contribution in [0, 0.1) is 13.8 Å². The number of carboxylic acid groups (broad SMARTS) is 1. The molecular weight excluding hydrogens is 256 g/mol. The van der Waals surface area contributed by atoms with Crippen LogP contribution in [0.3, 0.4) is 0 Å². The highest BCUT2D eigenvalue weighted by Gasteiger charge is 2.14. The maximum atomic E-state index is 12.0. The lowest BCUT2D eigenvalue weighted by Gasteiger charge is -2.10. The molecule has 0 aliphatic carbocycles. The van der Waals surface area contributed by atoms with Crippen molar-refractivity contribution < 1.29 is 14.7 Å². The summed E-state index contributed by atoms with van der Waals surface area (Å²) in [6.07, 6.45) is 0. The Labute approximate surface area is 116 Å². The molecule has 1 aromatic heterocycles. The lowest BCUT2D eigenvalue weighted by molar-refractivity contribution is -0.116. The lowest BCUT2D eigenvalue weighted by atomic mass is 10.2. The molecule has 0 radical (unpaired) electrons. The number of rotatable bonds is 4. The number of amides is 1. The van der Waals surface area contributed by atoms with Crippen molar-refractivity contribution in [3.8, 4) is 0 Å². The normalized spacial score (nSPS) is 10.3. The van der Waals surface area contributed by atoms with Gasteiger partial charge in [-0.25, -0.2) is 4.79 Å². The summed E-state index contributed by atoms with van der Waals surface area (Å²) in [5.41, 5.74) is 2.66. The molecule has 0 aliphatic heterocycles. The van der Waals surface area contributed by atoms with Crippen molar-refractivity contribution in [2.24, 2.45) is 0 Å². The van der Waals surface area contributed by atoms with Gasteiger partial charge in [0, 0.05) is 11.4 Å². The molecule has 20 heavy (non-hydrogen) atoms. The van der Waals surface area contributed by atoms with Gasteiger partial charge >= 0.3 is 5.97 Å². The Morgan fingerprint density at radius 2 is 1.75 bits per heavy atom. The number of nitrogens with zero attached hydrogens (tertiary/aromatic N) is 1. The van der Waals surface area contributed by atoms with Gasteiger partial charge in [0.2, 0.25) is 5.91 Å². The third-order valence-corrected chi connectivity index (χ3v) is 3.06. The molecule has 1 amide bonds. The Balaban J connectivity index is 2.10. The number of hydrogen-bond donors (Lipinski definition) is 2. The molecule has 0 saturated heterocycles. The fourth-order valence-electron chi connectivity index (χ4n) is 1.95. The Hall–Kier alpha value is -2.56. The molecule has 2 rings (SSSR count). The molecule has 5 heteroatoms. The minimum atomic E-state index is -1.04. The van der Waals surface area contributed by atoms with Gasteiger partial charge in [0.1, 0.15) is 12.2 Å². The van der Waals surface area contributed by atoms with Crippen LogP contribution in [0.4, 0.5) is 5.69 Å². The molecule has 2 aromatic rings. The highest BCUT2D eigenvalue weighted by Crippen LogP contribution is 2.11. The molecule has 1 aromatic carbocycles. The molecule has 0 atom stereocenters. The van der Waals surface area contributed by atoms with Gasteiger partial charge < -0.3 is 15.0 Å². The molecule has 0 bridgehead atoms. The van der Waals surface area contributed by atoms with Crippen molar-refractivity contribution >= 4 is 17.6 Å². The number of aryl methyl sites for hydroxylation is 2. The number of hydrogen-bond acceptors (Lipinski definition) is 2. The van der Waals surface area contributed by atoms with E-state index >= 15 is 0 Å². The minimum absolute atomic E-state index is 0.0195. The minimum Gasteiger partial charge on any atom is -0.477 e. The van der Waals surface area contributed by atoms with Crippen LogP contribution >= 0.6 is 0 Å². The van der Waals surface area contributed by atoms with Gasteiger partial charge in [0.05, 0.1) is 0 Å². The van der Waals surface area contributed by atoms with Gasteiger partial charge in [-0.3, -0.25) is 4.79 Å². The van der Waals surface area contributed by atoms with Crippen LogP contribution in [-0.4, -0.2) is 21.6 Å². The fourth-order valence-corrected chi connectivity index (χ4v) is 1.95. The van der Waals surface area contributed by atoms with E-state index in [9.17, 15) is 9.59 Å². The van der Waals surface area contributed by atoms with Gasteiger partial charge in [-0.1, -0.05) is 17.7 Å². The number of nitrogens with one attached hydrogen (secondary N) is 1. The van der Waals surface area contributed by atoms with Crippen LogP contribution in [0.5, 0.6) is 0 Å². The molecule has 0 aliphatic rings. The zero-order chi connectivity index (χ0) is 14.7. The van der Waals surface area contributed by atoms with Crippen LogP contribution in [0.1, 0.15) is 21.7 Å². The first-order valence-electron chi connectivity index (χ1n) is 6.23. The van der Waals surface area contributed by atoms with Crippen molar-refractivity contribution in [3.05, 3.63) is 53.3 Å². The van der Waals surface area contributed by atoms with E-state index in [4.69, 9.17) is 5.11 Å². The number of carbonyl (C=O) groups is 2. The number of carbonyl (C=O) groups excluding carboxylic acids is 1. The molecule has 0 saturated carbocycles. The van der Waals surface area contributed by atoms with Crippen molar-refractivity contribution in [3.63, 3.8) is 0 Å². The Kier molecular flexibility index (Phi) is 3.89. The number of aromatic nitrogens is 1. The maximum Gasteiger partial charge on any atom is 0.352 e. The molecule has 0 spiro atoms. The van der Waals surface area contributed by atoms with Crippen molar-refractivity contribution in [2.75, 3.05) is 5.32 Å². The monoisotopic (exact) mass is 272 g/mol. The summed E-state index contributed by atoms with van der Waals surface area (Å²) in [6, 6.07) is 10.6. The van der Waals surface area contributed by atoms with Gasteiger partial charge in [0.25, 0.3) is 0 Å². The summed E-state index contributed by atoms with van der Waals surface area (Å²) in [6.45, 7) is 3.72. The second kappa shape index (κ2) is 5.61. The van der Waals surface area contributed by atoms with E-state index in [-0.39, 0.29) is 18.1 Å². The van der Waals surface area contributed by atoms with E-state index < -0.39 is 5.97 Å². The smallest absolute Gasteiger partial charge is 0.352 e.